The first-order chi connectivity index (χ1) is 59.0. The Bertz CT molecular complexity index is 3280. The van der Waals surface area contributed by atoms with Gasteiger partial charge in [-0.1, -0.05) is 90.4 Å². The Morgan fingerprint density at radius 1 is 0.270 bits per heavy atom. The van der Waals surface area contributed by atoms with Gasteiger partial charge >= 0.3 is 29.8 Å². The van der Waals surface area contributed by atoms with E-state index in [0.717, 1.165) is 89.9 Å². The Labute approximate surface area is 714 Å². The van der Waals surface area contributed by atoms with Gasteiger partial charge in [-0.2, -0.15) is 0 Å². The second-order valence-corrected chi connectivity index (χ2v) is 28.8. The van der Waals surface area contributed by atoms with Crippen LogP contribution in [0.25, 0.3) is 0 Å². The predicted molar refractivity (Wildman–Crippen MR) is 444 cm³/mol. The Hall–Kier alpha value is -9.70. The Morgan fingerprint density at radius 2 is 0.557 bits per heavy atom. The second kappa shape index (κ2) is 72.9. The van der Waals surface area contributed by atoms with Gasteiger partial charge in [0.15, 0.2) is 0 Å². The van der Waals surface area contributed by atoms with Gasteiger partial charge in [0.1, 0.15) is 56.1 Å². The van der Waals surface area contributed by atoms with E-state index in [1.807, 2.05) is 6.92 Å². The molecule has 0 bridgehead atoms. The van der Waals surface area contributed by atoms with Gasteiger partial charge < -0.3 is 121 Å². The molecule has 0 aliphatic heterocycles. The van der Waals surface area contributed by atoms with Crippen LogP contribution in [0.4, 0.5) is 0 Å². The molecule has 2 aromatic carbocycles. The van der Waals surface area contributed by atoms with E-state index in [0.29, 0.717) is 82.6 Å². The van der Waals surface area contributed by atoms with Crippen LogP contribution < -0.4 is 57.3 Å². The molecule has 0 fully saturated rings. The minimum absolute atomic E-state index is 0.0755. The van der Waals surface area contributed by atoms with Gasteiger partial charge in [0.05, 0.1) is 104 Å². The molecule has 0 aliphatic rings. The first-order valence-corrected chi connectivity index (χ1v) is 42.7. The number of benzene rings is 2. The third-order valence-corrected chi connectivity index (χ3v) is 18.6. The van der Waals surface area contributed by atoms with E-state index in [1.54, 1.807) is 24.3 Å². The number of hydrogen-bond acceptors (Lipinski definition) is 24. The molecular weight excluding hydrogens is 1600 g/mol. The smallest absolute Gasteiger partial charge is 0.335 e. The van der Waals surface area contributed by atoms with Crippen molar-refractivity contribution in [2.75, 3.05) is 158 Å². The summed E-state index contributed by atoms with van der Waals surface area (Å²) in [5, 5.41) is 70.7. The van der Waals surface area contributed by atoms with Crippen molar-refractivity contribution >= 4 is 83.0 Å². The van der Waals surface area contributed by atoms with Crippen molar-refractivity contribution in [3.8, 4) is 11.5 Å². The fourth-order valence-corrected chi connectivity index (χ4v) is 11.7. The fourth-order valence-electron chi connectivity index (χ4n) is 11.7. The molecule has 38 nitrogen and oxygen atoms in total. The van der Waals surface area contributed by atoms with Gasteiger partial charge in [-0.3, -0.25) is 43.2 Å². The number of carboxylic acid groups (broad SMARTS) is 5. The molecule has 122 heavy (non-hydrogen) atoms. The Kier molecular flexibility index (Phi) is 64.7. The molecule has 14 N–H and O–H groups in total. The van der Waals surface area contributed by atoms with Gasteiger partial charge in [0, 0.05) is 70.9 Å². The van der Waals surface area contributed by atoms with E-state index in [4.69, 9.17) is 57.6 Å². The number of carboxylic acids is 5. The first-order valence-electron chi connectivity index (χ1n) is 42.7. The molecule has 690 valence electrons. The van der Waals surface area contributed by atoms with Gasteiger partial charge in [-0.15, -0.1) is 0 Å². The topological polar surface area (TPSA) is 541 Å². The largest absolute Gasteiger partial charge is 0.494 e. The van der Waals surface area contributed by atoms with E-state index in [2.05, 4.69) is 47.9 Å². The van der Waals surface area contributed by atoms with E-state index < -0.39 is 65.7 Å². The van der Waals surface area contributed by atoms with Crippen molar-refractivity contribution in [2.45, 2.75) is 211 Å². The number of hydrogen-bond donors (Lipinski definition) is 14. The summed E-state index contributed by atoms with van der Waals surface area (Å²) in [5.74, 6) is -8.15. The quantitative estimate of drug-likeness (QED) is 0.0386. The molecule has 38 heteroatoms. The summed E-state index contributed by atoms with van der Waals surface area (Å²) in [4.78, 5) is 169. The molecule has 4 atom stereocenters. The first kappa shape index (κ1) is 108. The zero-order valence-electron chi connectivity index (χ0n) is 70.9. The van der Waals surface area contributed by atoms with E-state index in [1.165, 1.54) is 24.3 Å². The lowest BCUT2D eigenvalue weighted by Crippen LogP contribution is -2.43. The highest BCUT2D eigenvalue weighted by atomic mass is 16.5. The van der Waals surface area contributed by atoms with Crippen molar-refractivity contribution < 1.29 is 140 Å². The molecule has 9 amide bonds. The average molecular weight is 1740 g/mol. The zero-order valence-corrected chi connectivity index (χ0v) is 70.9. The van der Waals surface area contributed by atoms with Crippen molar-refractivity contribution in [2.24, 2.45) is 5.92 Å². The van der Waals surface area contributed by atoms with Crippen LogP contribution in [0.1, 0.15) is 214 Å². The lowest BCUT2D eigenvalue weighted by molar-refractivity contribution is -0.143. The maximum atomic E-state index is 13.1. The van der Waals surface area contributed by atoms with Crippen LogP contribution in [0, 0.1) is 5.92 Å². The SMILES string of the molecule is CCC(CCCCNC(=O)COCCOCCNC(=O)COCCOCCNC(=O)CCC(NC(=O)CCCCCCCCCCOc1ccc(C(=O)O)cc1)C(=O)O)C(=O)N[C@H](CCCCNC(=O)COCCOCCNC(=O)COCCOCCNC(=O)CC[C@@H](NC(=O)CCCCCCCCCCOc1ccc(C(=O)O)cc1)C(=O)O)C(=O)O. The van der Waals surface area contributed by atoms with Crippen LogP contribution in [-0.2, 0) is 95.4 Å². The lowest BCUT2D eigenvalue weighted by atomic mass is 9.97. The highest BCUT2D eigenvalue weighted by molar-refractivity contribution is 5.89. The average Bonchev–Trinajstić information content (AvgIpc) is 0.902. The number of ether oxygens (including phenoxy) is 10. The molecular formula is C84H135N9O29. The summed E-state index contributed by atoms with van der Waals surface area (Å²) in [7, 11) is 0. The summed E-state index contributed by atoms with van der Waals surface area (Å²) in [6.07, 6.45) is 18.0. The number of carbonyl (C=O) groups excluding carboxylic acids is 9. The highest BCUT2D eigenvalue weighted by Crippen LogP contribution is 2.18. The minimum Gasteiger partial charge on any atom is -0.494 e. The minimum atomic E-state index is -1.23. The van der Waals surface area contributed by atoms with Gasteiger partial charge in [-0.25, -0.2) is 24.0 Å². The third kappa shape index (κ3) is 61.6. The van der Waals surface area contributed by atoms with Crippen LogP contribution in [-0.4, -0.2) is 285 Å². The van der Waals surface area contributed by atoms with E-state index >= 15 is 0 Å². The summed E-state index contributed by atoms with van der Waals surface area (Å²) >= 11 is 0. The van der Waals surface area contributed by atoms with Crippen LogP contribution in [0.3, 0.4) is 0 Å². The maximum absolute atomic E-state index is 13.1. The number of nitrogens with one attached hydrogen (secondary N) is 9. The number of amides is 9. The lowest BCUT2D eigenvalue weighted by Gasteiger charge is -2.19. The Balaban J connectivity index is 1.34. The maximum Gasteiger partial charge on any atom is 0.335 e. The molecule has 0 saturated heterocycles. The summed E-state index contributed by atoms with van der Waals surface area (Å²) in [5.41, 5.74) is 0.418. The summed E-state index contributed by atoms with van der Waals surface area (Å²) in [6.45, 7) is 5.15. The van der Waals surface area contributed by atoms with Crippen LogP contribution >= 0.6 is 0 Å². The molecule has 0 aromatic heterocycles. The van der Waals surface area contributed by atoms with Crippen molar-refractivity contribution in [1.82, 2.24) is 47.9 Å². The van der Waals surface area contributed by atoms with Crippen molar-refractivity contribution in [3.63, 3.8) is 0 Å². The van der Waals surface area contributed by atoms with Crippen LogP contribution in [0.15, 0.2) is 48.5 Å². The predicted octanol–water partition coefficient (Wildman–Crippen LogP) is 5.03. The standard InChI is InChI=1S/C84H135N9O29/c1-2-63(23-17-19-39-85-75(98)59-117-55-53-115-49-43-89-77(100)61-119-57-51-113-47-41-87-71(94)37-35-69(83(109)110)91-73(96)25-15-11-7-3-5-9-13-21-45-121-66-31-27-64(28-32-66)80(103)104)79(102)93-68(82(107)108)24-18-20-40-86-76(99)60-118-56-54-116-50-44-90-78(101)62-120-58-52-114-48-42-88-72(95)38-36-70(84(111)112)92-74(97)26-16-12-8-4-6-10-14-22-46-122-67-33-29-65(30-34-67)81(105)106/h27-34,63,68-70H,2-26,35-62H2,1H3,(H,85,98)(H,86,99)(H,87,94)(H,88,95)(H,89,100)(H,90,101)(H,91,96)(H,92,97)(H,93,102)(H,103,104)(H,105,106)(H,107,108)(H,109,110)(H,111,112)/t63?,68-,69?,70-/m1/s1. The fraction of sp³-hybridized carbons (Fsp3) is 0.690. The van der Waals surface area contributed by atoms with Crippen LogP contribution in [0.5, 0.6) is 11.5 Å². The Morgan fingerprint density at radius 3 is 0.877 bits per heavy atom. The monoisotopic (exact) mass is 1730 g/mol. The van der Waals surface area contributed by atoms with Gasteiger partial charge in [0.2, 0.25) is 53.2 Å². The molecule has 0 spiro atoms. The number of carbonyl (C=O) groups is 14. The number of aromatic carboxylic acids is 2. The van der Waals surface area contributed by atoms with Gasteiger partial charge in [-0.05, 0) is 126 Å². The van der Waals surface area contributed by atoms with Crippen molar-refractivity contribution in [1.29, 1.82) is 0 Å². The second-order valence-electron chi connectivity index (χ2n) is 28.8. The molecule has 0 saturated carbocycles. The molecule has 2 aromatic rings. The summed E-state index contributed by atoms with van der Waals surface area (Å²) in [6, 6.07) is 9.09. The van der Waals surface area contributed by atoms with E-state index in [-0.39, 0.29) is 236 Å². The third-order valence-electron chi connectivity index (χ3n) is 18.6. The molecule has 2 rings (SSSR count). The highest BCUT2D eigenvalue weighted by Gasteiger charge is 2.26. The number of rotatable bonds is 82. The van der Waals surface area contributed by atoms with Gasteiger partial charge in [0.25, 0.3) is 0 Å². The summed E-state index contributed by atoms with van der Waals surface area (Å²) < 4.78 is 54.4. The number of aliphatic carboxylic acids is 3. The van der Waals surface area contributed by atoms with Crippen molar-refractivity contribution in [3.05, 3.63) is 59.7 Å². The molecule has 0 heterocycles. The molecule has 2 unspecified atom stereocenters. The molecule has 0 radical (unpaired) electrons. The molecule has 0 aliphatic carbocycles. The normalized spacial score (nSPS) is 12.0. The van der Waals surface area contributed by atoms with Crippen LogP contribution in [0.2, 0.25) is 0 Å². The number of unbranched alkanes of at least 4 members (excludes halogenated alkanes) is 16. The van der Waals surface area contributed by atoms with E-state index in [9.17, 15) is 82.4 Å². The zero-order chi connectivity index (χ0) is 89.3.